The van der Waals surface area contributed by atoms with E-state index in [2.05, 4.69) is 15.5 Å². The molecule has 92 valence electrons. The van der Waals surface area contributed by atoms with E-state index >= 15 is 0 Å². The summed E-state index contributed by atoms with van der Waals surface area (Å²) in [5.41, 5.74) is 6.25. The van der Waals surface area contributed by atoms with Crippen molar-refractivity contribution in [3.8, 4) is 0 Å². The molecular weight excluding hydrogens is 238 g/mol. The van der Waals surface area contributed by atoms with Crippen molar-refractivity contribution in [2.75, 3.05) is 25.5 Å². The summed E-state index contributed by atoms with van der Waals surface area (Å²) in [4.78, 5) is 13.2. The number of anilines is 1. The Balaban J connectivity index is 2.78. The predicted octanol–water partition coefficient (Wildman–Crippen LogP) is -0.317. The van der Waals surface area contributed by atoms with Crippen LogP contribution in [0.15, 0.2) is 12.3 Å². The molecule has 1 amide bonds. The van der Waals surface area contributed by atoms with Gasteiger partial charge in [0.15, 0.2) is 5.82 Å². The van der Waals surface area contributed by atoms with Crippen LogP contribution < -0.4 is 16.0 Å². The Hall–Kier alpha value is -1.76. The minimum atomic E-state index is -0.0300. The largest absolute Gasteiger partial charge is 0.389 e. The molecule has 17 heavy (non-hydrogen) atoms. The van der Waals surface area contributed by atoms with Crippen molar-refractivity contribution < 1.29 is 4.79 Å². The molecule has 0 aliphatic heterocycles. The topological polar surface area (TPSA) is 84.1 Å². The summed E-state index contributed by atoms with van der Waals surface area (Å²) >= 11 is 4.93. The average Bonchev–Trinajstić information content (AvgIpc) is 2.35. The minimum absolute atomic E-state index is 0.0300. The maximum atomic E-state index is 11.1. The number of nitrogens with one attached hydrogen (secondary N) is 1. The van der Waals surface area contributed by atoms with Gasteiger partial charge in [0.05, 0.1) is 11.8 Å². The van der Waals surface area contributed by atoms with Gasteiger partial charge in [-0.15, -0.1) is 5.10 Å². The molecule has 0 fully saturated rings. The zero-order chi connectivity index (χ0) is 12.8. The second-order valence-electron chi connectivity index (χ2n) is 3.48. The van der Waals surface area contributed by atoms with E-state index in [1.165, 1.54) is 6.20 Å². The fourth-order valence-corrected chi connectivity index (χ4v) is 1.46. The van der Waals surface area contributed by atoms with Crippen LogP contribution in [0.3, 0.4) is 0 Å². The molecule has 0 saturated carbocycles. The molecular formula is C10H15N5OS. The lowest BCUT2D eigenvalue weighted by molar-refractivity contribution is -0.120. The van der Waals surface area contributed by atoms with Crippen molar-refractivity contribution in [3.63, 3.8) is 0 Å². The van der Waals surface area contributed by atoms with Crippen LogP contribution >= 0.6 is 12.2 Å². The molecule has 1 aromatic heterocycles. The standard InChI is InChI=1S/C10H15N5OS/c1-12-8(16)4-6-15(2)10-7(9(11)17)3-5-13-14-10/h3,5H,4,6H2,1-2H3,(H2,11,17)(H,12,16). The maximum Gasteiger partial charge on any atom is 0.221 e. The summed E-state index contributed by atoms with van der Waals surface area (Å²) < 4.78 is 0. The van der Waals surface area contributed by atoms with Crippen LogP contribution in [0.5, 0.6) is 0 Å². The fourth-order valence-electron chi connectivity index (χ4n) is 1.30. The van der Waals surface area contributed by atoms with Gasteiger partial charge >= 0.3 is 0 Å². The minimum Gasteiger partial charge on any atom is -0.389 e. The molecule has 0 unspecified atom stereocenters. The molecule has 0 bridgehead atoms. The first-order valence-electron chi connectivity index (χ1n) is 5.09. The predicted molar refractivity (Wildman–Crippen MR) is 69.9 cm³/mol. The van der Waals surface area contributed by atoms with Gasteiger partial charge in [0.1, 0.15) is 4.99 Å². The van der Waals surface area contributed by atoms with Crippen molar-refractivity contribution in [2.45, 2.75) is 6.42 Å². The van der Waals surface area contributed by atoms with Crippen LogP contribution in [0, 0.1) is 0 Å². The molecule has 0 spiro atoms. The number of thiocarbonyl (C=S) groups is 1. The van der Waals surface area contributed by atoms with Crippen LogP contribution in [0.25, 0.3) is 0 Å². The molecule has 0 aliphatic rings. The molecule has 0 saturated heterocycles. The summed E-state index contributed by atoms with van der Waals surface area (Å²) in [6.07, 6.45) is 1.91. The van der Waals surface area contributed by atoms with Crippen molar-refractivity contribution in [1.29, 1.82) is 0 Å². The molecule has 1 heterocycles. The first-order chi connectivity index (χ1) is 8.06. The van der Waals surface area contributed by atoms with E-state index in [0.717, 1.165) is 0 Å². The van der Waals surface area contributed by atoms with Crippen molar-refractivity contribution in [2.24, 2.45) is 5.73 Å². The number of nitrogens with two attached hydrogens (primary N) is 1. The van der Waals surface area contributed by atoms with Crippen molar-refractivity contribution >= 4 is 28.9 Å². The van der Waals surface area contributed by atoms with Crippen LogP contribution in [0.4, 0.5) is 5.82 Å². The summed E-state index contributed by atoms with van der Waals surface area (Å²) in [5.74, 6) is 0.557. The maximum absolute atomic E-state index is 11.1. The first kappa shape index (κ1) is 13.3. The van der Waals surface area contributed by atoms with Crippen molar-refractivity contribution in [3.05, 3.63) is 17.8 Å². The highest BCUT2D eigenvalue weighted by atomic mass is 32.1. The zero-order valence-corrected chi connectivity index (χ0v) is 10.6. The molecule has 1 rings (SSSR count). The molecule has 0 aromatic carbocycles. The summed E-state index contributed by atoms with van der Waals surface area (Å²) in [5, 5.41) is 10.3. The SMILES string of the molecule is CNC(=O)CCN(C)c1nnccc1C(N)=S. The molecule has 0 atom stereocenters. The highest BCUT2D eigenvalue weighted by molar-refractivity contribution is 7.80. The van der Waals surface area contributed by atoms with Crippen molar-refractivity contribution in [1.82, 2.24) is 15.5 Å². The van der Waals surface area contributed by atoms with Gasteiger partial charge in [-0.25, -0.2) is 0 Å². The van der Waals surface area contributed by atoms with Gasteiger partial charge in [-0.05, 0) is 6.07 Å². The second-order valence-corrected chi connectivity index (χ2v) is 3.92. The van der Waals surface area contributed by atoms with Gasteiger partial charge in [0.2, 0.25) is 5.91 Å². The number of carbonyl (C=O) groups excluding carboxylic acids is 1. The zero-order valence-electron chi connectivity index (χ0n) is 9.80. The Morgan fingerprint density at radius 3 is 2.94 bits per heavy atom. The van der Waals surface area contributed by atoms with Gasteiger partial charge in [-0.2, -0.15) is 5.10 Å². The van der Waals surface area contributed by atoms with E-state index < -0.39 is 0 Å². The van der Waals surface area contributed by atoms with Crippen LogP contribution in [0.1, 0.15) is 12.0 Å². The Bertz CT molecular complexity index is 423. The second kappa shape index (κ2) is 6.09. The number of carbonyl (C=O) groups is 1. The van der Waals surface area contributed by atoms with Crippen LogP contribution in [-0.2, 0) is 4.79 Å². The fraction of sp³-hybridized carbons (Fsp3) is 0.400. The third-order valence-corrected chi connectivity index (χ3v) is 2.50. The monoisotopic (exact) mass is 253 g/mol. The number of nitrogens with zero attached hydrogens (tertiary/aromatic N) is 3. The third kappa shape index (κ3) is 3.63. The lowest BCUT2D eigenvalue weighted by Gasteiger charge is -2.19. The number of aromatic nitrogens is 2. The first-order valence-corrected chi connectivity index (χ1v) is 5.50. The van der Waals surface area contributed by atoms with Gasteiger partial charge in [0.25, 0.3) is 0 Å². The highest BCUT2D eigenvalue weighted by Crippen LogP contribution is 2.14. The lowest BCUT2D eigenvalue weighted by atomic mass is 10.2. The van der Waals surface area contributed by atoms with E-state index in [-0.39, 0.29) is 10.9 Å². The molecule has 1 aromatic rings. The van der Waals surface area contributed by atoms with E-state index in [0.29, 0.717) is 24.3 Å². The van der Waals surface area contributed by atoms with Gasteiger partial charge in [-0.3, -0.25) is 4.79 Å². The summed E-state index contributed by atoms with van der Waals surface area (Å²) in [7, 11) is 3.42. The smallest absolute Gasteiger partial charge is 0.221 e. The quantitative estimate of drug-likeness (QED) is 0.700. The Morgan fingerprint density at radius 2 is 2.35 bits per heavy atom. The van der Waals surface area contributed by atoms with E-state index in [1.807, 2.05) is 7.05 Å². The van der Waals surface area contributed by atoms with E-state index in [4.69, 9.17) is 18.0 Å². The molecule has 6 nitrogen and oxygen atoms in total. The molecule has 3 N–H and O–H groups in total. The van der Waals surface area contributed by atoms with E-state index in [9.17, 15) is 4.79 Å². The molecule has 7 heteroatoms. The normalized spacial score (nSPS) is 9.76. The number of amides is 1. The number of hydrogen-bond acceptors (Lipinski definition) is 5. The summed E-state index contributed by atoms with van der Waals surface area (Å²) in [6.45, 7) is 0.522. The van der Waals surface area contributed by atoms with Gasteiger partial charge in [-0.1, -0.05) is 12.2 Å². The third-order valence-electron chi connectivity index (χ3n) is 2.28. The van der Waals surface area contributed by atoms with Crippen LogP contribution in [0.2, 0.25) is 0 Å². The Kier molecular flexibility index (Phi) is 4.77. The average molecular weight is 253 g/mol. The number of rotatable bonds is 5. The lowest BCUT2D eigenvalue weighted by Crippen LogP contribution is -2.28. The highest BCUT2D eigenvalue weighted by Gasteiger charge is 2.12. The molecule has 0 radical (unpaired) electrons. The Labute approximate surface area is 105 Å². The van der Waals surface area contributed by atoms with Gasteiger partial charge < -0.3 is 16.0 Å². The van der Waals surface area contributed by atoms with Crippen LogP contribution in [-0.4, -0.2) is 41.7 Å². The molecule has 0 aliphatic carbocycles. The Morgan fingerprint density at radius 1 is 1.65 bits per heavy atom. The number of hydrogen-bond donors (Lipinski definition) is 2. The van der Waals surface area contributed by atoms with Gasteiger partial charge in [0, 0.05) is 27.1 Å². The van der Waals surface area contributed by atoms with E-state index in [1.54, 1.807) is 18.0 Å². The summed E-state index contributed by atoms with van der Waals surface area (Å²) in [6, 6.07) is 1.71.